The lowest BCUT2D eigenvalue weighted by Crippen LogP contribution is -2.45. The molecule has 3 N–H and O–H groups in total. The molecule has 0 fully saturated rings. The number of fused-ring (bicyclic) bond motifs is 1. The fourth-order valence-electron chi connectivity index (χ4n) is 3.37. The molecular weight excluding hydrogens is 400 g/mol. The first-order valence-corrected chi connectivity index (χ1v) is 9.67. The lowest BCUT2D eigenvalue weighted by Gasteiger charge is -2.18. The van der Waals surface area contributed by atoms with Gasteiger partial charge >= 0.3 is 0 Å². The van der Waals surface area contributed by atoms with E-state index >= 15 is 0 Å². The molecule has 0 spiro atoms. The number of hydrogen-bond donors (Lipinski definition) is 3. The van der Waals surface area contributed by atoms with Gasteiger partial charge in [-0.05, 0) is 54.1 Å². The molecule has 5 nitrogen and oxygen atoms in total. The monoisotopic (exact) mass is 419 g/mol. The van der Waals surface area contributed by atoms with Gasteiger partial charge in [0.25, 0.3) is 5.91 Å². The fraction of sp³-hybridized carbons (Fsp3) is 0.0833. The number of hydrogen-bond acceptors (Lipinski definition) is 2. The number of carbonyl (C=O) groups excluding carboxylic acids is 2. The average Bonchev–Trinajstić information content (AvgIpc) is 3.16. The molecule has 0 bridgehead atoms. The molecule has 0 aliphatic heterocycles. The summed E-state index contributed by atoms with van der Waals surface area (Å²) in [7, 11) is 0. The standard InChI is InChI=1S/C24H19F2N3O2/c25-17-10-8-15(9-11-17)23(30)29-22(24(31)28-19-5-3-4-18(26)13-19)12-16-14-27-21-7-2-1-6-20(16)21/h1-11,13-14,22,27H,12H2,(H,28,31)(H,29,30)/t22-/m1/s1. The molecule has 1 heterocycles. The second-order valence-corrected chi connectivity index (χ2v) is 7.10. The van der Waals surface area contributed by atoms with Gasteiger partial charge in [0.2, 0.25) is 5.91 Å². The predicted molar refractivity (Wildman–Crippen MR) is 115 cm³/mol. The molecule has 1 aromatic heterocycles. The highest BCUT2D eigenvalue weighted by Crippen LogP contribution is 2.20. The average molecular weight is 419 g/mol. The van der Waals surface area contributed by atoms with E-state index in [1.165, 1.54) is 42.5 Å². The summed E-state index contributed by atoms with van der Waals surface area (Å²) in [5.41, 5.74) is 2.26. The quantitative estimate of drug-likeness (QED) is 0.433. The van der Waals surface area contributed by atoms with Crippen LogP contribution < -0.4 is 10.6 Å². The number of carbonyl (C=O) groups is 2. The molecule has 31 heavy (non-hydrogen) atoms. The van der Waals surface area contributed by atoms with Crippen molar-refractivity contribution in [3.05, 3.63) is 102 Å². The predicted octanol–water partition coefficient (Wildman–Crippen LogP) is 4.43. The normalized spacial score (nSPS) is 11.8. The summed E-state index contributed by atoms with van der Waals surface area (Å²) in [6.45, 7) is 0. The number of halogens is 2. The molecule has 0 radical (unpaired) electrons. The van der Waals surface area contributed by atoms with E-state index in [9.17, 15) is 18.4 Å². The topological polar surface area (TPSA) is 74.0 Å². The van der Waals surface area contributed by atoms with Gasteiger partial charge in [-0.3, -0.25) is 9.59 Å². The molecule has 7 heteroatoms. The highest BCUT2D eigenvalue weighted by molar-refractivity contribution is 6.01. The molecule has 156 valence electrons. The Morgan fingerprint density at radius 2 is 1.68 bits per heavy atom. The number of rotatable bonds is 6. The highest BCUT2D eigenvalue weighted by atomic mass is 19.1. The Morgan fingerprint density at radius 3 is 2.45 bits per heavy atom. The fourth-order valence-corrected chi connectivity index (χ4v) is 3.37. The van der Waals surface area contributed by atoms with E-state index in [-0.39, 0.29) is 17.7 Å². The number of anilines is 1. The number of amides is 2. The number of benzene rings is 3. The summed E-state index contributed by atoms with van der Waals surface area (Å²) < 4.78 is 26.7. The Morgan fingerprint density at radius 1 is 0.903 bits per heavy atom. The van der Waals surface area contributed by atoms with Crippen molar-refractivity contribution in [2.45, 2.75) is 12.5 Å². The van der Waals surface area contributed by atoms with Gasteiger partial charge in [-0.15, -0.1) is 0 Å². The van der Waals surface area contributed by atoms with Crippen LogP contribution in [-0.2, 0) is 11.2 Å². The largest absolute Gasteiger partial charge is 0.361 e. The first-order chi connectivity index (χ1) is 15.0. The second kappa shape index (κ2) is 8.79. The molecule has 4 rings (SSSR count). The van der Waals surface area contributed by atoms with E-state index in [4.69, 9.17) is 0 Å². The number of H-pyrrole nitrogens is 1. The van der Waals surface area contributed by atoms with Crippen molar-refractivity contribution in [2.75, 3.05) is 5.32 Å². The van der Waals surface area contributed by atoms with Crippen LogP contribution in [0, 0.1) is 11.6 Å². The minimum atomic E-state index is -0.944. The molecular formula is C24H19F2N3O2. The van der Waals surface area contributed by atoms with Crippen molar-refractivity contribution in [2.24, 2.45) is 0 Å². The van der Waals surface area contributed by atoms with Gasteiger partial charge in [0, 0.05) is 34.8 Å². The third-order valence-electron chi connectivity index (χ3n) is 4.92. The van der Waals surface area contributed by atoms with Gasteiger partial charge in [0.1, 0.15) is 17.7 Å². The molecule has 0 saturated heterocycles. The second-order valence-electron chi connectivity index (χ2n) is 7.10. The molecule has 0 aliphatic carbocycles. The third-order valence-corrected chi connectivity index (χ3v) is 4.92. The lowest BCUT2D eigenvalue weighted by atomic mass is 10.0. The van der Waals surface area contributed by atoms with Gasteiger partial charge < -0.3 is 15.6 Å². The molecule has 0 saturated carbocycles. The SMILES string of the molecule is O=C(N[C@H](Cc1c[nH]c2ccccc12)C(=O)Nc1cccc(F)c1)c1ccc(F)cc1. The van der Waals surface area contributed by atoms with Gasteiger partial charge in [-0.1, -0.05) is 24.3 Å². The third kappa shape index (κ3) is 4.78. The Bertz CT molecular complexity index is 1240. The molecule has 3 aromatic carbocycles. The van der Waals surface area contributed by atoms with Crippen molar-refractivity contribution in [3.63, 3.8) is 0 Å². The maximum Gasteiger partial charge on any atom is 0.251 e. The maximum atomic E-state index is 13.5. The molecule has 0 aliphatic rings. The smallest absolute Gasteiger partial charge is 0.251 e. The van der Waals surface area contributed by atoms with Crippen LogP contribution in [-0.4, -0.2) is 22.8 Å². The van der Waals surface area contributed by atoms with Crippen molar-refractivity contribution < 1.29 is 18.4 Å². The minimum Gasteiger partial charge on any atom is -0.361 e. The van der Waals surface area contributed by atoms with Crippen LogP contribution in [0.1, 0.15) is 15.9 Å². The number of nitrogens with one attached hydrogen (secondary N) is 3. The Hall–Kier alpha value is -4.00. The van der Waals surface area contributed by atoms with Crippen LogP contribution in [0.25, 0.3) is 10.9 Å². The number of aromatic amines is 1. The van der Waals surface area contributed by atoms with E-state index < -0.39 is 29.5 Å². The summed E-state index contributed by atoms with van der Waals surface area (Å²) in [6.07, 6.45) is 2.00. The van der Waals surface area contributed by atoms with Crippen LogP contribution in [0.3, 0.4) is 0 Å². The summed E-state index contributed by atoms with van der Waals surface area (Å²) in [6, 6.07) is 17.2. The number of para-hydroxylation sites is 1. The van der Waals surface area contributed by atoms with Crippen LogP contribution in [0.2, 0.25) is 0 Å². The van der Waals surface area contributed by atoms with Crippen LogP contribution >= 0.6 is 0 Å². The van der Waals surface area contributed by atoms with E-state index in [0.717, 1.165) is 16.5 Å². The van der Waals surface area contributed by atoms with Gasteiger partial charge in [0.05, 0.1) is 0 Å². The van der Waals surface area contributed by atoms with E-state index in [0.29, 0.717) is 0 Å². The summed E-state index contributed by atoms with van der Waals surface area (Å²) >= 11 is 0. The van der Waals surface area contributed by atoms with Crippen molar-refractivity contribution in [1.29, 1.82) is 0 Å². The highest BCUT2D eigenvalue weighted by Gasteiger charge is 2.23. The van der Waals surface area contributed by atoms with E-state index in [1.807, 2.05) is 24.3 Å². The summed E-state index contributed by atoms with van der Waals surface area (Å²) in [5, 5.41) is 6.29. The Kier molecular flexibility index (Phi) is 5.75. The zero-order valence-electron chi connectivity index (χ0n) is 16.4. The first kappa shape index (κ1) is 20.3. The van der Waals surface area contributed by atoms with E-state index in [2.05, 4.69) is 15.6 Å². The van der Waals surface area contributed by atoms with Crippen LogP contribution in [0.4, 0.5) is 14.5 Å². The van der Waals surface area contributed by atoms with Crippen molar-refractivity contribution in [1.82, 2.24) is 10.3 Å². The molecule has 4 aromatic rings. The van der Waals surface area contributed by atoms with Crippen molar-refractivity contribution in [3.8, 4) is 0 Å². The van der Waals surface area contributed by atoms with Gasteiger partial charge in [-0.2, -0.15) is 0 Å². The molecule has 0 unspecified atom stereocenters. The Labute approximate surface area is 177 Å². The molecule has 2 amide bonds. The first-order valence-electron chi connectivity index (χ1n) is 9.67. The van der Waals surface area contributed by atoms with Gasteiger partial charge in [-0.25, -0.2) is 8.78 Å². The molecule has 1 atom stereocenters. The van der Waals surface area contributed by atoms with Crippen molar-refractivity contribution >= 4 is 28.4 Å². The minimum absolute atomic E-state index is 0.206. The lowest BCUT2D eigenvalue weighted by molar-refractivity contribution is -0.118. The Balaban J connectivity index is 1.59. The zero-order chi connectivity index (χ0) is 21.8. The van der Waals surface area contributed by atoms with E-state index in [1.54, 1.807) is 12.3 Å². The summed E-state index contributed by atoms with van der Waals surface area (Å²) in [4.78, 5) is 28.8. The van der Waals surface area contributed by atoms with Crippen LogP contribution in [0.5, 0.6) is 0 Å². The summed E-state index contributed by atoms with van der Waals surface area (Å²) in [5.74, 6) is -1.96. The maximum absolute atomic E-state index is 13.5. The zero-order valence-corrected chi connectivity index (χ0v) is 16.4. The van der Waals surface area contributed by atoms with Crippen LogP contribution in [0.15, 0.2) is 79.0 Å². The number of aromatic nitrogens is 1. The van der Waals surface area contributed by atoms with Gasteiger partial charge in [0.15, 0.2) is 0 Å².